The molecule has 3 N–H and O–H groups in total. The normalized spacial score (nSPS) is 10.5. The van der Waals surface area contributed by atoms with Crippen LogP contribution in [0.2, 0.25) is 0 Å². The summed E-state index contributed by atoms with van der Waals surface area (Å²) in [4.78, 5) is 12.5. The summed E-state index contributed by atoms with van der Waals surface area (Å²) in [5.41, 5.74) is 1.37. The molecule has 4 aromatic rings. The summed E-state index contributed by atoms with van der Waals surface area (Å²) in [6.07, 6.45) is 0. The van der Waals surface area contributed by atoms with Crippen LogP contribution in [0.25, 0.3) is 11.4 Å². The van der Waals surface area contributed by atoms with Crippen LogP contribution in [-0.2, 0) is 4.79 Å². The molecule has 0 aliphatic heterocycles. The molecular formula is C23H21N5O3S. The third-order valence-corrected chi connectivity index (χ3v) is 5.42. The summed E-state index contributed by atoms with van der Waals surface area (Å²) in [5, 5.41) is 11.5. The first-order valence-electron chi connectivity index (χ1n) is 9.73. The van der Waals surface area contributed by atoms with E-state index in [2.05, 4.69) is 15.5 Å². The number of benzene rings is 3. The second-order valence-electron chi connectivity index (χ2n) is 6.65. The number of carbonyl (C=O) groups is 1. The fraction of sp³-hybridized carbons (Fsp3) is 0.0870. The molecule has 1 amide bonds. The Morgan fingerprint density at radius 3 is 2.44 bits per heavy atom. The van der Waals surface area contributed by atoms with Gasteiger partial charge in [-0.1, -0.05) is 42.1 Å². The Balaban J connectivity index is 1.39. The second-order valence-corrected chi connectivity index (χ2v) is 7.60. The van der Waals surface area contributed by atoms with Crippen molar-refractivity contribution in [1.82, 2.24) is 14.9 Å². The van der Waals surface area contributed by atoms with Crippen molar-refractivity contribution in [3.8, 4) is 28.6 Å². The van der Waals surface area contributed by atoms with E-state index >= 15 is 0 Å². The topological polar surface area (TPSA) is 104 Å². The van der Waals surface area contributed by atoms with E-state index in [1.165, 1.54) is 16.4 Å². The maximum absolute atomic E-state index is 12.5. The monoisotopic (exact) mass is 447 g/mol. The number of hydrogen-bond acceptors (Lipinski definition) is 7. The zero-order chi connectivity index (χ0) is 22.3. The Morgan fingerprint density at radius 2 is 1.69 bits per heavy atom. The number of nitrogens with one attached hydrogen (secondary N) is 1. The number of rotatable bonds is 8. The summed E-state index contributed by atoms with van der Waals surface area (Å²) in [6.45, 7) is 0. The predicted molar refractivity (Wildman–Crippen MR) is 124 cm³/mol. The fourth-order valence-corrected chi connectivity index (χ4v) is 3.56. The lowest BCUT2D eigenvalue weighted by Crippen LogP contribution is -2.16. The molecular weight excluding hydrogens is 426 g/mol. The maximum atomic E-state index is 12.5. The molecule has 0 fully saturated rings. The van der Waals surface area contributed by atoms with Crippen molar-refractivity contribution in [3.05, 3.63) is 78.9 Å². The van der Waals surface area contributed by atoms with Crippen molar-refractivity contribution in [3.63, 3.8) is 0 Å². The van der Waals surface area contributed by atoms with E-state index in [0.717, 1.165) is 11.3 Å². The van der Waals surface area contributed by atoms with Gasteiger partial charge in [0.25, 0.3) is 0 Å². The highest BCUT2D eigenvalue weighted by atomic mass is 32.2. The van der Waals surface area contributed by atoms with Crippen LogP contribution in [-0.4, -0.2) is 33.6 Å². The van der Waals surface area contributed by atoms with Crippen molar-refractivity contribution in [2.45, 2.75) is 5.16 Å². The summed E-state index contributed by atoms with van der Waals surface area (Å²) in [7, 11) is 1.60. The number of methoxy groups -OCH3 is 1. The van der Waals surface area contributed by atoms with Crippen LogP contribution in [0.15, 0.2) is 84.0 Å². The molecule has 3 aromatic carbocycles. The summed E-state index contributed by atoms with van der Waals surface area (Å²) >= 11 is 1.19. The number of nitrogens with zero attached hydrogens (tertiary/aromatic N) is 3. The van der Waals surface area contributed by atoms with Gasteiger partial charge in [0.2, 0.25) is 11.1 Å². The third kappa shape index (κ3) is 5.01. The number of carbonyl (C=O) groups excluding carboxylic acids is 1. The van der Waals surface area contributed by atoms with E-state index < -0.39 is 0 Å². The van der Waals surface area contributed by atoms with Crippen LogP contribution in [0, 0.1) is 0 Å². The number of anilines is 1. The molecule has 0 aliphatic carbocycles. The number of nitrogens with two attached hydrogens (primary N) is 1. The van der Waals surface area contributed by atoms with Crippen LogP contribution in [0.3, 0.4) is 0 Å². The number of aromatic nitrogens is 3. The van der Waals surface area contributed by atoms with E-state index in [9.17, 15) is 4.79 Å². The van der Waals surface area contributed by atoms with Gasteiger partial charge in [-0.3, -0.25) is 4.79 Å². The highest BCUT2D eigenvalue weighted by Gasteiger charge is 2.15. The third-order valence-electron chi connectivity index (χ3n) is 4.48. The number of amides is 1. The largest absolute Gasteiger partial charge is 0.497 e. The average molecular weight is 448 g/mol. The molecule has 8 nitrogen and oxygen atoms in total. The van der Waals surface area contributed by atoms with Crippen LogP contribution < -0.4 is 20.6 Å². The molecule has 0 spiro atoms. The summed E-state index contributed by atoms with van der Waals surface area (Å²) in [5.74, 6) is 8.51. The first-order chi connectivity index (χ1) is 15.6. The number of para-hydroxylation sites is 3. The van der Waals surface area contributed by atoms with Gasteiger partial charge < -0.3 is 20.6 Å². The Hall–Kier alpha value is -3.98. The molecule has 1 heterocycles. The number of nitrogen functional groups attached to an aromatic ring is 1. The molecule has 0 saturated carbocycles. The van der Waals surface area contributed by atoms with Crippen LogP contribution >= 0.6 is 11.8 Å². The summed E-state index contributed by atoms with van der Waals surface area (Å²) in [6, 6.07) is 24.0. The summed E-state index contributed by atoms with van der Waals surface area (Å²) < 4.78 is 12.4. The molecule has 0 radical (unpaired) electrons. The van der Waals surface area contributed by atoms with Gasteiger partial charge in [0.05, 0.1) is 18.6 Å². The van der Waals surface area contributed by atoms with Gasteiger partial charge in [-0.25, -0.2) is 4.68 Å². The fourth-order valence-electron chi connectivity index (χ4n) is 2.90. The minimum absolute atomic E-state index is 0.109. The molecule has 0 unspecified atom stereocenters. The van der Waals surface area contributed by atoms with Crippen molar-refractivity contribution in [2.24, 2.45) is 0 Å². The van der Waals surface area contributed by atoms with E-state index in [1.807, 2.05) is 66.7 Å². The SMILES string of the molecule is COc1ccc(-c2nnc(SCC(=O)Nc3ccccc3Oc3ccccc3)n2N)cc1. The van der Waals surface area contributed by atoms with Gasteiger partial charge in [0.15, 0.2) is 11.6 Å². The maximum Gasteiger partial charge on any atom is 0.234 e. The highest BCUT2D eigenvalue weighted by Crippen LogP contribution is 2.29. The number of thioether (sulfide) groups is 1. The predicted octanol–water partition coefficient (Wildman–Crippen LogP) is 4.19. The van der Waals surface area contributed by atoms with Gasteiger partial charge in [-0.15, -0.1) is 10.2 Å². The van der Waals surface area contributed by atoms with Crippen molar-refractivity contribution in [2.75, 3.05) is 24.0 Å². The molecule has 4 rings (SSSR count). The Morgan fingerprint density at radius 1 is 0.969 bits per heavy atom. The minimum Gasteiger partial charge on any atom is -0.497 e. The molecule has 0 saturated heterocycles. The molecule has 162 valence electrons. The van der Waals surface area contributed by atoms with Crippen LogP contribution in [0.5, 0.6) is 17.2 Å². The second kappa shape index (κ2) is 9.88. The van der Waals surface area contributed by atoms with Crippen molar-refractivity contribution in [1.29, 1.82) is 0 Å². The quantitative estimate of drug-likeness (QED) is 0.308. The van der Waals surface area contributed by atoms with Gasteiger partial charge in [-0.2, -0.15) is 0 Å². The van der Waals surface area contributed by atoms with E-state index in [-0.39, 0.29) is 11.7 Å². The lowest BCUT2D eigenvalue weighted by molar-refractivity contribution is -0.113. The van der Waals surface area contributed by atoms with Gasteiger partial charge in [0.1, 0.15) is 11.5 Å². The molecule has 0 atom stereocenters. The van der Waals surface area contributed by atoms with Gasteiger partial charge >= 0.3 is 0 Å². The van der Waals surface area contributed by atoms with E-state index in [0.29, 0.717) is 28.2 Å². The lowest BCUT2D eigenvalue weighted by Gasteiger charge is -2.12. The first-order valence-corrected chi connectivity index (χ1v) is 10.7. The zero-order valence-corrected chi connectivity index (χ0v) is 18.1. The molecule has 0 aliphatic rings. The molecule has 32 heavy (non-hydrogen) atoms. The minimum atomic E-state index is -0.215. The van der Waals surface area contributed by atoms with E-state index in [4.69, 9.17) is 15.3 Å². The molecule has 9 heteroatoms. The first kappa shape index (κ1) is 21.3. The Bertz CT molecular complexity index is 1200. The van der Waals surface area contributed by atoms with E-state index in [1.54, 1.807) is 19.2 Å². The van der Waals surface area contributed by atoms with Crippen molar-refractivity contribution >= 4 is 23.4 Å². The Labute approximate surface area is 189 Å². The smallest absolute Gasteiger partial charge is 0.234 e. The molecule has 0 bridgehead atoms. The molecule has 1 aromatic heterocycles. The standard InChI is InChI=1S/C23H21N5O3S/c1-30-17-13-11-16(12-14-17)22-26-27-23(28(22)24)32-15-21(29)25-19-9-5-6-10-20(19)31-18-7-3-2-4-8-18/h2-14H,15,24H2,1H3,(H,25,29). The number of ether oxygens (including phenoxy) is 2. The van der Waals surface area contributed by atoms with Crippen molar-refractivity contribution < 1.29 is 14.3 Å². The Kier molecular flexibility index (Phi) is 6.57. The zero-order valence-electron chi connectivity index (χ0n) is 17.3. The van der Waals surface area contributed by atoms with Gasteiger partial charge in [0, 0.05) is 5.56 Å². The number of hydrogen-bond donors (Lipinski definition) is 2. The van der Waals surface area contributed by atoms with Crippen LogP contribution in [0.1, 0.15) is 0 Å². The highest BCUT2D eigenvalue weighted by molar-refractivity contribution is 7.99. The van der Waals surface area contributed by atoms with Gasteiger partial charge in [-0.05, 0) is 48.5 Å². The van der Waals surface area contributed by atoms with Crippen LogP contribution in [0.4, 0.5) is 5.69 Å². The average Bonchev–Trinajstić information content (AvgIpc) is 3.20. The lowest BCUT2D eigenvalue weighted by atomic mass is 10.2.